The minimum Gasteiger partial charge on any atom is -0.351 e. The molecule has 0 saturated carbocycles. The zero-order valence-corrected chi connectivity index (χ0v) is 15.9. The Labute approximate surface area is 162 Å². The van der Waals surface area contributed by atoms with Crippen LogP contribution in [0.25, 0.3) is 0 Å². The van der Waals surface area contributed by atoms with Crippen LogP contribution >= 0.6 is 11.3 Å². The van der Waals surface area contributed by atoms with Crippen LogP contribution in [-0.2, 0) is 11.3 Å². The first-order valence-electron chi connectivity index (χ1n) is 8.72. The third-order valence-electron chi connectivity index (χ3n) is 4.00. The topological polar surface area (TPSA) is 63.5 Å². The molecule has 0 radical (unpaired) electrons. The number of rotatable bonds is 6. The highest BCUT2D eigenvalue weighted by molar-refractivity contribution is 7.12. The van der Waals surface area contributed by atoms with E-state index in [1.165, 1.54) is 16.9 Å². The number of carbonyl (C=O) groups excluding carboxylic acids is 2. The van der Waals surface area contributed by atoms with E-state index >= 15 is 0 Å². The van der Waals surface area contributed by atoms with Crippen LogP contribution in [0.5, 0.6) is 0 Å². The maximum Gasteiger partial charge on any atom is 0.261 e. The molecule has 0 bridgehead atoms. The van der Waals surface area contributed by atoms with E-state index < -0.39 is 0 Å². The lowest BCUT2D eigenvalue weighted by Crippen LogP contribution is -2.26. The second-order valence-corrected chi connectivity index (χ2v) is 7.11. The fraction of sp³-hybridized carbons (Fsp3) is 0.190. The monoisotopic (exact) mass is 379 g/mol. The molecule has 27 heavy (non-hydrogen) atoms. The fourth-order valence-electron chi connectivity index (χ4n) is 2.55. The number of pyridine rings is 1. The molecule has 2 heterocycles. The van der Waals surface area contributed by atoms with E-state index in [4.69, 9.17) is 0 Å². The zero-order chi connectivity index (χ0) is 19.1. The van der Waals surface area contributed by atoms with Crippen LogP contribution in [-0.4, -0.2) is 22.9 Å². The number of thiophene rings is 1. The Kier molecular flexibility index (Phi) is 6.33. The Morgan fingerprint density at radius 2 is 1.89 bits per heavy atom. The van der Waals surface area contributed by atoms with Crippen molar-refractivity contribution in [2.75, 3.05) is 6.54 Å². The van der Waals surface area contributed by atoms with Gasteiger partial charge in [0.15, 0.2) is 0 Å². The van der Waals surface area contributed by atoms with Crippen molar-refractivity contribution < 1.29 is 9.59 Å². The van der Waals surface area contributed by atoms with Crippen molar-refractivity contribution in [2.45, 2.75) is 19.9 Å². The molecule has 0 unspecified atom stereocenters. The molecule has 2 aromatic heterocycles. The van der Waals surface area contributed by atoms with Gasteiger partial charge in [0.2, 0.25) is 5.91 Å². The number of carbonyl (C=O) groups is 2. The van der Waals surface area contributed by atoms with Gasteiger partial charge >= 0.3 is 0 Å². The molecule has 0 aliphatic rings. The lowest BCUT2D eigenvalue weighted by Gasteiger charge is -2.08. The predicted molar refractivity (Wildman–Crippen MR) is 107 cm³/mol. The molecule has 1 aromatic carbocycles. The summed E-state index contributed by atoms with van der Waals surface area (Å²) in [6, 6.07) is 17.4. The van der Waals surface area contributed by atoms with Gasteiger partial charge in [0.05, 0.1) is 4.88 Å². The SMILES string of the molecule is Cc1ccc(Cn2ccccc2=NC(=O)CCNC(=O)c2cccs2)cc1. The highest BCUT2D eigenvalue weighted by Gasteiger charge is 2.07. The van der Waals surface area contributed by atoms with Gasteiger partial charge in [-0.25, -0.2) is 0 Å². The molecular formula is C21H21N3O2S. The quantitative estimate of drug-likeness (QED) is 0.715. The number of aryl methyl sites for hydroxylation is 1. The maximum atomic E-state index is 12.2. The van der Waals surface area contributed by atoms with E-state index in [0.29, 0.717) is 16.9 Å². The number of nitrogens with one attached hydrogen (secondary N) is 1. The van der Waals surface area contributed by atoms with Gasteiger partial charge in [-0.1, -0.05) is 42.0 Å². The van der Waals surface area contributed by atoms with Crippen LogP contribution in [0.1, 0.15) is 27.2 Å². The van der Waals surface area contributed by atoms with Crippen molar-refractivity contribution in [3.63, 3.8) is 0 Å². The van der Waals surface area contributed by atoms with Crippen LogP contribution in [0.15, 0.2) is 71.2 Å². The lowest BCUT2D eigenvalue weighted by atomic mass is 10.1. The molecule has 3 aromatic rings. The number of nitrogens with zero attached hydrogens (tertiary/aromatic N) is 2. The summed E-state index contributed by atoms with van der Waals surface area (Å²) in [5.41, 5.74) is 2.96. The fourth-order valence-corrected chi connectivity index (χ4v) is 3.19. The summed E-state index contributed by atoms with van der Waals surface area (Å²) >= 11 is 1.37. The van der Waals surface area contributed by atoms with Crippen molar-refractivity contribution in [2.24, 2.45) is 4.99 Å². The first-order chi connectivity index (χ1) is 13.1. The smallest absolute Gasteiger partial charge is 0.261 e. The van der Waals surface area contributed by atoms with Gasteiger partial charge in [-0.2, -0.15) is 4.99 Å². The number of aromatic nitrogens is 1. The van der Waals surface area contributed by atoms with E-state index in [1.54, 1.807) is 6.07 Å². The molecule has 5 nitrogen and oxygen atoms in total. The van der Waals surface area contributed by atoms with Crippen molar-refractivity contribution in [1.82, 2.24) is 9.88 Å². The molecule has 6 heteroatoms. The highest BCUT2D eigenvalue weighted by atomic mass is 32.1. The van der Waals surface area contributed by atoms with Gasteiger partial charge in [0.25, 0.3) is 5.91 Å². The normalized spacial score (nSPS) is 11.4. The molecule has 0 saturated heterocycles. The summed E-state index contributed by atoms with van der Waals surface area (Å²) in [4.78, 5) is 28.9. The van der Waals surface area contributed by atoms with E-state index in [0.717, 1.165) is 5.56 Å². The Morgan fingerprint density at radius 1 is 1.07 bits per heavy atom. The van der Waals surface area contributed by atoms with Crippen molar-refractivity contribution in [1.29, 1.82) is 0 Å². The maximum absolute atomic E-state index is 12.2. The van der Waals surface area contributed by atoms with Crippen LogP contribution < -0.4 is 10.8 Å². The lowest BCUT2D eigenvalue weighted by molar-refractivity contribution is -0.118. The highest BCUT2D eigenvalue weighted by Crippen LogP contribution is 2.07. The summed E-state index contributed by atoms with van der Waals surface area (Å²) in [5, 5.41) is 4.59. The summed E-state index contributed by atoms with van der Waals surface area (Å²) in [7, 11) is 0. The average Bonchev–Trinajstić information content (AvgIpc) is 3.20. The first-order valence-corrected chi connectivity index (χ1v) is 9.60. The third-order valence-corrected chi connectivity index (χ3v) is 4.87. The molecule has 0 aliphatic carbocycles. The number of hydrogen-bond acceptors (Lipinski definition) is 3. The second-order valence-electron chi connectivity index (χ2n) is 6.16. The molecule has 0 fully saturated rings. The van der Waals surface area contributed by atoms with Gasteiger partial charge < -0.3 is 9.88 Å². The van der Waals surface area contributed by atoms with E-state index in [2.05, 4.69) is 41.5 Å². The molecule has 0 atom stereocenters. The van der Waals surface area contributed by atoms with Crippen molar-refractivity contribution >= 4 is 23.2 Å². The molecule has 0 aliphatic heterocycles. The van der Waals surface area contributed by atoms with Crippen molar-refractivity contribution in [3.8, 4) is 0 Å². The van der Waals surface area contributed by atoms with Gasteiger partial charge in [0, 0.05) is 25.7 Å². The summed E-state index contributed by atoms with van der Waals surface area (Å²) < 4.78 is 1.94. The molecule has 138 valence electrons. The van der Waals surface area contributed by atoms with Crippen LogP contribution in [0.4, 0.5) is 0 Å². The molecule has 3 rings (SSSR count). The Morgan fingerprint density at radius 3 is 2.63 bits per heavy atom. The zero-order valence-electron chi connectivity index (χ0n) is 15.1. The van der Waals surface area contributed by atoms with Gasteiger partial charge in [-0.15, -0.1) is 11.3 Å². The molecule has 1 N–H and O–H groups in total. The van der Waals surface area contributed by atoms with E-state index in [9.17, 15) is 9.59 Å². The summed E-state index contributed by atoms with van der Waals surface area (Å²) in [6.07, 6.45) is 2.07. The largest absolute Gasteiger partial charge is 0.351 e. The standard InChI is InChI=1S/C21H21N3O2S/c1-16-7-9-17(10-8-16)15-24-13-3-2-6-19(24)23-20(25)11-12-22-21(26)18-5-4-14-27-18/h2-10,13-14H,11-12,15H2,1H3,(H,22,26). The summed E-state index contributed by atoms with van der Waals surface area (Å²) in [6.45, 7) is 2.96. The Bertz CT molecular complexity index is 973. The van der Waals surface area contributed by atoms with Crippen LogP contribution in [0.3, 0.4) is 0 Å². The van der Waals surface area contributed by atoms with Gasteiger partial charge in [-0.05, 0) is 36.1 Å². The number of hydrogen-bond donors (Lipinski definition) is 1. The molecular weight excluding hydrogens is 358 g/mol. The Balaban J connectivity index is 1.63. The average molecular weight is 379 g/mol. The number of amides is 2. The second kappa shape index (κ2) is 9.09. The van der Waals surface area contributed by atoms with Gasteiger partial charge in [-0.3, -0.25) is 9.59 Å². The molecule has 2 amide bonds. The first kappa shape index (κ1) is 18.8. The van der Waals surface area contributed by atoms with Crippen molar-refractivity contribution in [3.05, 3.63) is 87.7 Å². The third kappa shape index (κ3) is 5.49. The Hall–Kier alpha value is -2.99. The number of benzene rings is 1. The minimum absolute atomic E-state index is 0.160. The van der Waals surface area contributed by atoms with E-state index in [1.807, 2.05) is 40.4 Å². The minimum atomic E-state index is -0.259. The summed E-state index contributed by atoms with van der Waals surface area (Å²) in [5.74, 6) is -0.419. The molecule has 0 spiro atoms. The van der Waals surface area contributed by atoms with Gasteiger partial charge in [0.1, 0.15) is 5.49 Å². The van der Waals surface area contributed by atoms with E-state index in [-0.39, 0.29) is 24.8 Å². The predicted octanol–water partition coefficient (Wildman–Crippen LogP) is 3.15. The van der Waals surface area contributed by atoms with Crippen LogP contribution in [0, 0.1) is 6.92 Å². The van der Waals surface area contributed by atoms with Crippen LogP contribution in [0.2, 0.25) is 0 Å².